The molecule has 2 aliphatic heterocycles. The molecule has 0 unspecified atom stereocenters. The summed E-state index contributed by atoms with van der Waals surface area (Å²) < 4.78 is 16.5. The van der Waals surface area contributed by atoms with Crippen LogP contribution >= 0.6 is 0 Å². The van der Waals surface area contributed by atoms with E-state index in [0.29, 0.717) is 11.3 Å². The summed E-state index contributed by atoms with van der Waals surface area (Å²) >= 11 is 0. The van der Waals surface area contributed by atoms with Crippen molar-refractivity contribution in [3.63, 3.8) is 0 Å². The van der Waals surface area contributed by atoms with Crippen LogP contribution in [-0.4, -0.2) is 52.3 Å². The van der Waals surface area contributed by atoms with E-state index in [1.165, 1.54) is 0 Å². The minimum Gasteiger partial charge on any atom is -0.497 e. The van der Waals surface area contributed by atoms with Crippen molar-refractivity contribution in [2.75, 3.05) is 21.3 Å². The third-order valence-electron chi connectivity index (χ3n) is 10.3. The lowest BCUT2D eigenvalue weighted by molar-refractivity contribution is 0.0697. The molecule has 0 fully saturated rings. The van der Waals surface area contributed by atoms with Gasteiger partial charge in [0.15, 0.2) is 0 Å². The van der Waals surface area contributed by atoms with Crippen molar-refractivity contribution in [2.24, 2.45) is 0 Å². The van der Waals surface area contributed by atoms with E-state index >= 15 is 0 Å². The van der Waals surface area contributed by atoms with Crippen LogP contribution in [0.2, 0.25) is 0 Å². The molecule has 0 saturated carbocycles. The summed E-state index contributed by atoms with van der Waals surface area (Å²) in [7, 11) is 4.96. The summed E-state index contributed by atoms with van der Waals surface area (Å²) in [5.74, 6) is 1.23. The zero-order valence-corrected chi connectivity index (χ0v) is 31.3. The van der Waals surface area contributed by atoms with Gasteiger partial charge in [0, 0.05) is 44.3 Å². The molecular formula is C48H36N4O5. The van der Waals surface area contributed by atoms with Gasteiger partial charge in [-0.15, -0.1) is 0 Å². The number of carboxylic acids is 1. The largest absolute Gasteiger partial charge is 0.497 e. The van der Waals surface area contributed by atoms with Gasteiger partial charge >= 0.3 is 5.97 Å². The van der Waals surface area contributed by atoms with Crippen molar-refractivity contribution in [3.8, 4) is 61.8 Å². The summed E-state index contributed by atoms with van der Waals surface area (Å²) in [6.07, 6.45) is 8.08. The number of nitrogens with zero attached hydrogens (tertiary/aromatic N) is 2. The number of methoxy groups -OCH3 is 3. The molecule has 8 bridgehead atoms. The van der Waals surface area contributed by atoms with E-state index in [2.05, 4.69) is 28.2 Å². The first-order chi connectivity index (χ1) is 27.9. The predicted molar refractivity (Wildman–Crippen MR) is 227 cm³/mol. The minimum atomic E-state index is -1.01. The van der Waals surface area contributed by atoms with Gasteiger partial charge in [-0.3, -0.25) is 0 Å². The Labute approximate surface area is 328 Å². The lowest BCUT2D eigenvalue weighted by Gasteiger charge is -2.08. The molecule has 0 aliphatic carbocycles. The molecule has 7 aromatic rings. The average molecular weight is 749 g/mol. The highest BCUT2D eigenvalue weighted by molar-refractivity contribution is 6.00. The fourth-order valence-corrected chi connectivity index (χ4v) is 7.50. The number of nitrogens with one attached hydrogen (secondary N) is 2. The van der Waals surface area contributed by atoms with Gasteiger partial charge in [0.05, 0.1) is 49.7 Å². The third kappa shape index (κ3) is 6.51. The molecule has 0 atom stereocenters. The molecule has 57 heavy (non-hydrogen) atoms. The summed E-state index contributed by atoms with van der Waals surface area (Å²) in [5, 5.41) is 9.99. The van der Waals surface area contributed by atoms with Crippen LogP contribution in [0.3, 0.4) is 0 Å². The Hall–Kier alpha value is -7.65. The Morgan fingerprint density at radius 2 is 0.789 bits per heavy atom. The van der Waals surface area contributed by atoms with Crippen LogP contribution in [-0.2, 0) is 0 Å². The normalized spacial score (nSPS) is 11.8. The van der Waals surface area contributed by atoms with E-state index in [1.54, 1.807) is 39.5 Å². The first-order valence-corrected chi connectivity index (χ1v) is 18.3. The molecule has 0 saturated heterocycles. The number of carboxylic acid groups (broad SMARTS) is 1. The van der Waals surface area contributed by atoms with Crippen LogP contribution in [0.25, 0.3) is 90.9 Å². The Kier molecular flexibility index (Phi) is 8.95. The maximum Gasteiger partial charge on any atom is 0.335 e. The first kappa shape index (κ1) is 35.1. The number of carbonyl (C=O) groups is 1. The number of aromatic amines is 2. The summed E-state index contributed by atoms with van der Waals surface area (Å²) in [4.78, 5) is 30.3. The van der Waals surface area contributed by atoms with Gasteiger partial charge in [0.25, 0.3) is 0 Å². The number of hydrogen-bond acceptors (Lipinski definition) is 6. The molecule has 9 heteroatoms. The second-order valence-corrected chi connectivity index (χ2v) is 13.6. The van der Waals surface area contributed by atoms with Crippen molar-refractivity contribution >= 4 is 52.3 Å². The smallest absolute Gasteiger partial charge is 0.335 e. The highest BCUT2D eigenvalue weighted by Crippen LogP contribution is 2.39. The molecule has 5 heterocycles. The van der Waals surface area contributed by atoms with E-state index in [4.69, 9.17) is 24.2 Å². The van der Waals surface area contributed by atoms with Gasteiger partial charge in [0.2, 0.25) is 0 Å². The SMILES string of the molecule is COc1ccc(-c2c3nc(c(-c4ccc(OC)cc4)c4ccc([nH]4)c(-c4cccc(C(=O)O)c4)c4nc(c(-c5ccc(OC)cc5)c5ccc2[nH]5)C=C4)C=C3)cc1. The van der Waals surface area contributed by atoms with Gasteiger partial charge in [-0.05, 0) is 119 Å². The Balaban J connectivity index is 1.45. The van der Waals surface area contributed by atoms with Gasteiger partial charge in [-0.1, -0.05) is 48.5 Å². The zero-order valence-electron chi connectivity index (χ0n) is 31.3. The molecule has 4 aromatic carbocycles. The van der Waals surface area contributed by atoms with Crippen molar-refractivity contribution in [1.82, 2.24) is 19.9 Å². The number of rotatable bonds is 8. The van der Waals surface area contributed by atoms with E-state index in [-0.39, 0.29) is 5.56 Å². The number of aromatic carboxylic acids is 1. The number of ether oxygens (including phenoxy) is 3. The standard InChI is InChI=1S/C48H36N4O5/c1-55-33-13-7-28(8-14-33)44-36-19-21-38(49-36)45(29-9-15-34(56-2)16-10-29)40-23-25-42(51-40)47(31-5-4-6-32(27-31)48(53)54)43-26-24-41(52-43)46(39-22-20-37(44)50-39)30-11-17-35(57-3)18-12-30/h4-27,49,52H,1-3H3,(H,53,54). The number of aromatic nitrogens is 4. The fraction of sp³-hybridized carbons (Fsp3) is 0.0625. The zero-order chi connectivity index (χ0) is 39.0. The highest BCUT2D eigenvalue weighted by Gasteiger charge is 2.20. The van der Waals surface area contributed by atoms with Crippen LogP contribution in [0.1, 0.15) is 33.1 Å². The lowest BCUT2D eigenvalue weighted by atomic mass is 10.0. The third-order valence-corrected chi connectivity index (χ3v) is 10.3. The molecule has 3 aromatic heterocycles. The monoisotopic (exact) mass is 748 g/mol. The van der Waals surface area contributed by atoms with E-state index in [0.717, 1.165) is 95.3 Å². The summed E-state index contributed by atoms with van der Waals surface area (Å²) in [6, 6.07) is 39.0. The molecular weight excluding hydrogens is 713 g/mol. The van der Waals surface area contributed by atoms with E-state index in [1.807, 2.05) is 109 Å². The quantitative estimate of drug-likeness (QED) is 0.141. The van der Waals surface area contributed by atoms with Crippen molar-refractivity contribution < 1.29 is 24.1 Å². The Morgan fingerprint density at radius 1 is 0.456 bits per heavy atom. The molecule has 9 rings (SSSR count). The molecule has 2 aliphatic rings. The van der Waals surface area contributed by atoms with E-state index in [9.17, 15) is 9.90 Å². The second kappa shape index (κ2) is 14.5. The average Bonchev–Trinajstić information content (AvgIpc) is 4.10. The molecule has 0 spiro atoms. The van der Waals surface area contributed by atoms with Crippen LogP contribution in [0.5, 0.6) is 17.2 Å². The topological polar surface area (TPSA) is 122 Å². The lowest BCUT2D eigenvalue weighted by Crippen LogP contribution is -1.96. The van der Waals surface area contributed by atoms with Crippen LogP contribution in [0, 0.1) is 0 Å². The van der Waals surface area contributed by atoms with Crippen molar-refractivity contribution in [3.05, 3.63) is 150 Å². The molecule has 278 valence electrons. The predicted octanol–water partition coefficient (Wildman–Crippen LogP) is 11.0. The van der Waals surface area contributed by atoms with Crippen molar-refractivity contribution in [1.29, 1.82) is 0 Å². The molecule has 0 amide bonds. The van der Waals surface area contributed by atoms with Crippen LogP contribution in [0.4, 0.5) is 0 Å². The van der Waals surface area contributed by atoms with Crippen molar-refractivity contribution in [2.45, 2.75) is 0 Å². The van der Waals surface area contributed by atoms with Gasteiger partial charge in [0.1, 0.15) is 17.2 Å². The number of H-pyrrole nitrogens is 2. The number of hydrogen-bond donors (Lipinski definition) is 3. The minimum absolute atomic E-state index is 0.179. The highest BCUT2D eigenvalue weighted by atomic mass is 16.5. The first-order valence-electron chi connectivity index (χ1n) is 18.3. The van der Waals surface area contributed by atoms with Gasteiger partial charge < -0.3 is 29.3 Å². The van der Waals surface area contributed by atoms with Gasteiger partial charge in [-0.25, -0.2) is 14.8 Å². The Bertz CT molecular complexity index is 2880. The fourth-order valence-electron chi connectivity index (χ4n) is 7.50. The summed E-state index contributed by atoms with van der Waals surface area (Å²) in [5.41, 5.74) is 13.4. The maximum atomic E-state index is 12.2. The van der Waals surface area contributed by atoms with Crippen LogP contribution in [0.15, 0.2) is 121 Å². The van der Waals surface area contributed by atoms with Gasteiger partial charge in [-0.2, -0.15) is 0 Å². The number of benzene rings is 4. The molecule has 3 N–H and O–H groups in total. The number of fused-ring (bicyclic) bond motifs is 8. The second-order valence-electron chi connectivity index (χ2n) is 13.6. The molecule has 0 radical (unpaired) electrons. The Morgan fingerprint density at radius 3 is 1.11 bits per heavy atom. The van der Waals surface area contributed by atoms with E-state index < -0.39 is 5.97 Å². The maximum absolute atomic E-state index is 12.2. The summed E-state index contributed by atoms with van der Waals surface area (Å²) in [6.45, 7) is 0. The van der Waals surface area contributed by atoms with Crippen LogP contribution < -0.4 is 14.2 Å². The molecule has 9 nitrogen and oxygen atoms in total.